The SMILES string of the molecule is NCCc1cccc(OC2C=CCCC2)c1. The molecule has 2 heteroatoms. The minimum absolute atomic E-state index is 0.252. The van der Waals surface area contributed by atoms with Gasteiger partial charge in [0.05, 0.1) is 0 Å². The lowest BCUT2D eigenvalue weighted by atomic mass is 10.1. The average Bonchev–Trinajstić information content (AvgIpc) is 2.31. The van der Waals surface area contributed by atoms with E-state index in [1.165, 1.54) is 18.4 Å². The van der Waals surface area contributed by atoms with Gasteiger partial charge in [-0.05, 0) is 56.0 Å². The fraction of sp³-hybridized carbons (Fsp3) is 0.429. The molecule has 1 atom stereocenters. The van der Waals surface area contributed by atoms with Gasteiger partial charge in [-0.25, -0.2) is 0 Å². The van der Waals surface area contributed by atoms with Crippen molar-refractivity contribution < 1.29 is 4.74 Å². The molecule has 0 bridgehead atoms. The topological polar surface area (TPSA) is 35.2 Å². The minimum atomic E-state index is 0.252. The van der Waals surface area contributed by atoms with Crippen molar-refractivity contribution in [3.8, 4) is 5.75 Å². The third kappa shape index (κ3) is 3.11. The maximum atomic E-state index is 5.91. The van der Waals surface area contributed by atoms with Gasteiger partial charge in [-0.3, -0.25) is 0 Å². The van der Waals surface area contributed by atoms with E-state index in [0.717, 1.165) is 18.6 Å². The Bertz CT molecular complexity index is 360. The average molecular weight is 217 g/mol. The monoisotopic (exact) mass is 217 g/mol. The van der Waals surface area contributed by atoms with Crippen molar-refractivity contribution >= 4 is 0 Å². The Morgan fingerprint density at radius 1 is 1.38 bits per heavy atom. The summed E-state index contributed by atoms with van der Waals surface area (Å²) in [5.74, 6) is 0.961. The second-order valence-corrected chi connectivity index (χ2v) is 4.20. The third-order valence-electron chi connectivity index (χ3n) is 2.83. The number of ether oxygens (including phenoxy) is 1. The lowest BCUT2D eigenvalue weighted by Gasteiger charge is -2.18. The van der Waals surface area contributed by atoms with Crippen LogP contribution in [-0.2, 0) is 6.42 Å². The molecule has 2 N–H and O–H groups in total. The van der Waals surface area contributed by atoms with Crippen LogP contribution in [0, 0.1) is 0 Å². The van der Waals surface area contributed by atoms with Crippen LogP contribution in [0.15, 0.2) is 36.4 Å². The van der Waals surface area contributed by atoms with E-state index in [1.54, 1.807) is 0 Å². The number of allylic oxidation sites excluding steroid dienone is 1. The molecule has 1 aromatic rings. The summed E-state index contributed by atoms with van der Waals surface area (Å²) >= 11 is 0. The zero-order chi connectivity index (χ0) is 11.2. The standard InChI is InChI=1S/C14H19NO/c15-10-9-12-5-4-8-14(11-12)16-13-6-2-1-3-7-13/h2,4-6,8,11,13H,1,3,7,9-10,15H2. The first-order chi connectivity index (χ1) is 7.88. The normalized spacial score (nSPS) is 19.7. The van der Waals surface area contributed by atoms with Crippen molar-refractivity contribution in [2.75, 3.05) is 6.54 Å². The highest BCUT2D eigenvalue weighted by molar-refractivity contribution is 5.29. The molecule has 0 aromatic heterocycles. The first kappa shape index (κ1) is 11.2. The second-order valence-electron chi connectivity index (χ2n) is 4.20. The van der Waals surface area contributed by atoms with Crippen LogP contribution in [0.3, 0.4) is 0 Å². The van der Waals surface area contributed by atoms with Crippen molar-refractivity contribution in [3.05, 3.63) is 42.0 Å². The van der Waals surface area contributed by atoms with Gasteiger partial charge in [-0.1, -0.05) is 18.2 Å². The molecule has 16 heavy (non-hydrogen) atoms. The van der Waals surface area contributed by atoms with Gasteiger partial charge in [0.2, 0.25) is 0 Å². The zero-order valence-corrected chi connectivity index (χ0v) is 9.56. The van der Waals surface area contributed by atoms with Crippen LogP contribution in [0.4, 0.5) is 0 Å². The van der Waals surface area contributed by atoms with Gasteiger partial charge >= 0.3 is 0 Å². The summed E-state index contributed by atoms with van der Waals surface area (Å²) in [5.41, 5.74) is 6.79. The summed E-state index contributed by atoms with van der Waals surface area (Å²) in [4.78, 5) is 0. The van der Waals surface area contributed by atoms with Crippen LogP contribution in [0.2, 0.25) is 0 Å². The summed E-state index contributed by atoms with van der Waals surface area (Å²) in [6.45, 7) is 0.687. The summed E-state index contributed by atoms with van der Waals surface area (Å²) in [6, 6.07) is 8.24. The van der Waals surface area contributed by atoms with Crippen LogP contribution >= 0.6 is 0 Å². The van der Waals surface area contributed by atoms with E-state index in [0.29, 0.717) is 6.54 Å². The summed E-state index contributed by atoms with van der Waals surface area (Å²) in [5, 5.41) is 0. The molecule has 0 radical (unpaired) electrons. The Hall–Kier alpha value is -1.28. The smallest absolute Gasteiger partial charge is 0.120 e. The van der Waals surface area contributed by atoms with E-state index < -0.39 is 0 Å². The van der Waals surface area contributed by atoms with Gasteiger partial charge in [-0.15, -0.1) is 0 Å². The molecule has 2 rings (SSSR count). The first-order valence-corrected chi connectivity index (χ1v) is 6.01. The molecule has 1 aromatic carbocycles. The van der Waals surface area contributed by atoms with E-state index in [4.69, 9.17) is 10.5 Å². The van der Waals surface area contributed by atoms with E-state index in [2.05, 4.69) is 24.3 Å². The van der Waals surface area contributed by atoms with Crippen LogP contribution < -0.4 is 10.5 Å². The maximum absolute atomic E-state index is 5.91. The molecule has 1 unspecified atom stereocenters. The highest BCUT2D eigenvalue weighted by Crippen LogP contribution is 2.20. The van der Waals surface area contributed by atoms with Crippen LogP contribution in [0.5, 0.6) is 5.75 Å². The Labute approximate surface area is 97.1 Å². The van der Waals surface area contributed by atoms with E-state index in [-0.39, 0.29) is 6.10 Å². The minimum Gasteiger partial charge on any atom is -0.486 e. The molecule has 0 aliphatic heterocycles. The Morgan fingerprint density at radius 3 is 3.06 bits per heavy atom. The highest BCUT2D eigenvalue weighted by Gasteiger charge is 2.09. The number of benzene rings is 1. The molecule has 0 heterocycles. The van der Waals surface area contributed by atoms with Crippen molar-refractivity contribution in [2.45, 2.75) is 31.8 Å². The molecule has 0 spiro atoms. The molecular weight excluding hydrogens is 198 g/mol. The van der Waals surface area contributed by atoms with Crippen LogP contribution in [-0.4, -0.2) is 12.6 Å². The Morgan fingerprint density at radius 2 is 2.31 bits per heavy atom. The molecule has 0 saturated carbocycles. The number of hydrogen-bond donors (Lipinski definition) is 1. The van der Waals surface area contributed by atoms with E-state index >= 15 is 0 Å². The molecular formula is C14H19NO. The van der Waals surface area contributed by atoms with E-state index in [9.17, 15) is 0 Å². The first-order valence-electron chi connectivity index (χ1n) is 6.01. The highest BCUT2D eigenvalue weighted by atomic mass is 16.5. The lowest BCUT2D eigenvalue weighted by Crippen LogP contribution is -2.15. The van der Waals surface area contributed by atoms with Crippen molar-refractivity contribution in [1.82, 2.24) is 0 Å². The molecule has 0 fully saturated rings. The number of hydrogen-bond acceptors (Lipinski definition) is 2. The molecule has 86 valence electrons. The summed E-state index contributed by atoms with van der Waals surface area (Å²) < 4.78 is 5.91. The molecule has 1 aliphatic rings. The number of rotatable bonds is 4. The third-order valence-corrected chi connectivity index (χ3v) is 2.83. The zero-order valence-electron chi connectivity index (χ0n) is 9.56. The summed E-state index contributed by atoms with van der Waals surface area (Å²) in [6.07, 6.45) is 9.07. The predicted molar refractivity (Wildman–Crippen MR) is 66.6 cm³/mol. The van der Waals surface area contributed by atoms with Gasteiger partial charge in [0.25, 0.3) is 0 Å². The Kier molecular flexibility index (Phi) is 4.00. The summed E-state index contributed by atoms with van der Waals surface area (Å²) in [7, 11) is 0. The van der Waals surface area contributed by atoms with E-state index in [1.807, 2.05) is 12.1 Å². The van der Waals surface area contributed by atoms with Crippen molar-refractivity contribution in [3.63, 3.8) is 0 Å². The van der Waals surface area contributed by atoms with Gasteiger partial charge < -0.3 is 10.5 Å². The predicted octanol–water partition coefficient (Wildman–Crippen LogP) is 2.68. The molecule has 1 aliphatic carbocycles. The van der Waals surface area contributed by atoms with Gasteiger partial charge in [0.15, 0.2) is 0 Å². The van der Waals surface area contributed by atoms with Crippen molar-refractivity contribution in [1.29, 1.82) is 0 Å². The van der Waals surface area contributed by atoms with Gasteiger partial charge in [0, 0.05) is 0 Å². The second kappa shape index (κ2) is 5.71. The van der Waals surface area contributed by atoms with Crippen LogP contribution in [0.25, 0.3) is 0 Å². The molecule has 0 saturated heterocycles. The Balaban J connectivity index is 2.00. The fourth-order valence-electron chi connectivity index (χ4n) is 2.00. The molecule has 2 nitrogen and oxygen atoms in total. The lowest BCUT2D eigenvalue weighted by molar-refractivity contribution is 0.230. The fourth-order valence-corrected chi connectivity index (χ4v) is 2.00. The number of nitrogens with two attached hydrogens (primary N) is 1. The maximum Gasteiger partial charge on any atom is 0.120 e. The van der Waals surface area contributed by atoms with Gasteiger partial charge in [0.1, 0.15) is 11.9 Å². The largest absolute Gasteiger partial charge is 0.486 e. The van der Waals surface area contributed by atoms with Crippen molar-refractivity contribution in [2.24, 2.45) is 5.73 Å². The quantitative estimate of drug-likeness (QED) is 0.787. The van der Waals surface area contributed by atoms with Crippen LogP contribution in [0.1, 0.15) is 24.8 Å². The van der Waals surface area contributed by atoms with Gasteiger partial charge in [-0.2, -0.15) is 0 Å². The molecule has 0 amide bonds.